The second-order valence-corrected chi connectivity index (χ2v) is 2.73. The first-order valence-corrected chi connectivity index (χ1v) is 3.58. The van der Waals surface area contributed by atoms with Crippen molar-refractivity contribution in [3.05, 3.63) is 12.3 Å². The average Bonchev–Trinajstić information content (AvgIpc) is 2.32. The molecule has 1 rings (SSSR count). The molecule has 0 saturated carbocycles. The number of aliphatic hydroxyl groups is 4. The fourth-order valence-corrected chi connectivity index (χ4v) is 1.09. The molecule has 12 heavy (non-hydrogen) atoms. The summed E-state index contributed by atoms with van der Waals surface area (Å²) in [6.07, 6.45) is -4.60. The second-order valence-electron chi connectivity index (χ2n) is 2.73. The molecular formula is C7H12O5. The molecule has 0 aromatic carbocycles. The molecule has 5 heteroatoms. The Kier molecular flexibility index (Phi) is 2.69. The van der Waals surface area contributed by atoms with E-state index >= 15 is 0 Å². The van der Waals surface area contributed by atoms with Gasteiger partial charge >= 0.3 is 0 Å². The summed E-state index contributed by atoms with van der Waals surface area (Å²) in [5, 5.41) is 35.9. The van der Waals surface area contributed by atoms with Gasteiger partial charge in [0.2, 0.25) is 0 Å². The first kappa shape index (κ1) is 9.47. The lowest BCUT2D eigenvalue weighted by Gasteiger charge is -2.18. The van der Waals surface area contributed by atoms with Gasteiger partial charge < -0.3 is 25.2 Å². The summed E-state index contributed by atoms with van der Waals surface area (Å²) in [5.74, 6) is 0.0139. The van der Waals surface area contributed by atoms with Crippen LogP contribution in [-0.4, -0.2) is 51.4 Å². The summed E-state index contributed by atoms with van der Waals surface area (Å²) in [7, 11) is 0. The molecular weight excluding hydrogens is 164 g/mol. The fraction of sp³-hybridized carbons (Fsp3) is 0.714. The maximum absolute atomic E-state index is 9.22. The van der Waals surface area contributed by atoms with Crippen molar-refractivity contribution in [3.8, 4) is 0 Å². The molecule has 1 heterocycles. The van der Waals surface area contributed by atoms with Gasteiger partial charge in [0.15, 0.2) is 6.10 Å². The van der Waals surface area contributed by atoms with Gasteiger partial charge in [-0.05, 0) is 0 Å². The zero-order valence-electron chi connectivity index (χ0n) is 6.42. The molecule has 0 aromatic heterocycles. The van der Waals surface area contributed by atoms with Crippen molar-refractivity contribution in [1.82, 2.24) is 0 Å². The Hall–Kier alpha value is -0.620. The average molecular weight is 176 g/mol. The van der Waals surface area contributed by atoms with Crippen LogP contribution in [-0.2, 0) is 4.74 Å². The Morgan fingerprint density at radius 1 is 1.50 bits per heavy atom. The smallest absolute Gasteiger partial charge is 0.155 e. The number of ether oxygens (including phenoxy) is 1. The lowest BCUT2D eigenvalue weighted by molar-refractivity contribution is -0.0628. The highest BCUT2D eigenvalue weighted by Gasteiger charge is 2.42. The summed E-state index contributed by atoms with van der Waals surface area (Å²) < 4.78 is 4.83. The maximum Gasteiger partial charge on any atom is 0.155 e. The van der Waals surface area contributed by atoms with Crippen molar-refractivity contribution in [2.75, 3.05) is 6.61 Å². The van der Waals surface area contributed by atoms with Gasteiger partial charge in [-0.1, -0.05) is 6.58 Å². The molecule has 0 spiro atoms. The van der Waals surface area contributed by atoms with Gasteiger partial charge in [0, 0.05) is 0 Å². The minimum atomic E-state index is -1.22. The van der Waals surface area contributed by atoms with Crippen molar-refractivity contribution in [2.24, 2.45) is 0 Å². The molecule has 4 unspecified atom stereocenters. The zero-order chi connectivity index (χ0) is 9.30. The van der Waals surface area contributed by atoms with Gasteiger partial charge in [-0.3, -0.25) is 0 Å². The maximum atomic E-state index is 9.22. The van der Waals surface area contributed by atoms with Gasteiger partial charge in [0.05, 0.1) is 6.61 Å². The Morgan fingerprint density at radius 2 is 2.08 bits per heavy atom. The summed E-state index contributed by atoms with van der Waals surface area (Å²) in [5.41, 5.74) is 0. The van der Waals surface area contributed by atoms with E-state index in [0.717, 1.165) is 0 Å². The highest BCUT2D eigenvalue weighted by Crippen LogP contribution is 2.24. The van der Waals surface area contributed by atoms with Crippen LogP contribution in [0.3, 0.4) is 0 Å². The van der Waals surface area contributed by atoms with E-state index < -0.39 is 31.0 Å². The van der Waals surface area contributed by atoms with E-state index in [-0.39, 0.29) is 5.76 Å². The van der Waals surface area contributed by atoms with Crippen LogP contribution in [0.25, 0.3) is 0 Å². The quantitative estimate of drug-likeness (QED) is 0.390. The molecule has 0 amide bonds. The number of rotatable bonds is 2. The van der Waals surface area contributed by atoms with Crippen molar-refractivity contribution in [2.45, 2.75) is 24.4 Å². The molecule has 1 aliphatic heterocycles. The van der Waals surface area contributed by atoms with Gasteiger partial charge in [-0.25, -0.2) is 0 Å². The van der Waals surface area contributed by atoms with Crippen molar-refractivity contribution < 1.29 is 25.2 Å². The normalized spacial score (nSPS) is 38.0. The highest BCUT2D eigenvalue weighted by atomic mass is 16.5. The van der Waals surface area contributed by atoms with Gasteiger partial charge in [0.25, 0.3) is 0 Å². The number of hydrogen-bond donors (Lipinski definition) is 4. The van der Waals surface area contributed by atoms with Crippen LogP contribution in [0.1, 0.15) is 0 Å². The topological polar surface area (TPSA) is 90.2 Å². The lowest BCUT2D eigenvalue weighted by Crippen LogP contribution is -2.40. The highest BCUT2D eigenvalue weighted by molar-refractivity contribution is 5.07. The predicted molar refractivity (Wildman–Crippen MR) is 39.1 cm³/mol. The van der Waals surface area contributed by atoms with E-state index in [1.54, 1.807) is 0 Å². The standard InChI is InChI=1S/C7H12O5/c1-3-5(10)6(11)7(12-3)4(9)2-8/h4-11H,1-2H2. The third-order valence-electron chi connectivity index (χ3n) is 1.84. The fourth-order valence-electron chi connectivity index (χ4n) is 1.09. The minimum absolute atomic E-state index is 0.0139. The summed E-state index contributed by atoms with van der Waals surface area (Å²) >= 11 is 0. The zero-order valence-corrected chi connectivity index (χ0v) is 6.42. The van der Waals surface area contributed by atoms with E-state index in [9.17, 15) is 5.11 Å². The van der Waals surface area contributed by atoms with Gasteiger partial charge in [-0.2, -0.15) is 0 Å². The lowest BCUT2D eigenvalue weighted by atomic mass is 10.1. The second kappa shape index (κ2) is 3.40. The van der Waals surface area contributed by atoms with Crippen LogP contribution in [0.2, 0.25) is 0 Å². The van der Waals surface area contributed by atoms with E-state index in [2.05, 4.69) is 6.58 Å². The largest absolute Gasteiger partial charge is 0.487 e. The van der Waals surface area contributed by atoms with Gasteiger partial charge in [0.1, 0.15) is 24.1 Å². The first-order chi connectivity index (χ1) is 5.57. The van der Waals surface area contributed by atoms with Crippen LogP contribution in [0.4, 0.5) is 0 Å². The van der Waals surface area contributed by atoms with Crippen LogP contribution in [0, 0.1) is 0 Å². The van der Waals surface area contributed by atoms with E-state index in [0.29, 0.717) is 0 Å². The van der Waals surface area contributed by atoms with Crippen molar-refractivity contribution >= 4 is 0 Å². The van der Waals surface area contributed by atoms with Crippen molar-refractivity contribution in [1.29, 1.82) is 0 Å². The Labute approximate surface area is 69.5 Å². The molecule has 0 aromatic rings. The molecule has 0 aliphatic carbocycles. The number of hydrogen-bond acceptors (Lipinski definition) is 5. The monoisotopic (exact) mass is 176 g/mol. The summed E-state index contributed by atoms with van der Waals surface area (Å²) in [6, 6.07) is 0. The Balaban J connectivity index is 2.64. The molecule has 1 aliphatic rings. The molecule has 1 saturated heterocycles. The van der Waals surface area contributed by atoms with Crippen molar-refractivity contribution in [3.63, 3.8) is 0 Å². The molecule has 1 fully saturated rings. The molecule has 0 bridgehead atoms. The molecule has 0 radical (unpaired) electrons. The molecule has 5 nitrogen and oxygen atoms in total. The van der Waals surface area contributed by atoms with Crippen LogP contribution < -0.4 is 0 Å². The predicted octanol–water partition coefficient (Wildman–Crippen LogP) is -2.03. The first-order valence-electron chi connectivity index (χ1n) is 3.58. The van der Waals surface area contributed by atoms with E-state index in [1.807, 2.05) is 0 Å². The molecule has 4 atom stereocenters. The van der Waals surface area contributed by atoms with E-state index in [1.165, 1.54) is 0 Å². The van der Waals surface area contributed by atoms with Crippen LogP contribution in [0.15, 0.2) is 12.3 Å². The third kappa shape index (κ3) is 1.44. The van der Waals surface area contributed by atoms with E-state index in [4.69, 9.17) is 20.1 Å². The van der Waals surface area contributed by atoms with Crippen LogP contribution in [0.5, 0.6) is 0 Å². The Morgan fingerprint density at radius 3 is 2.42 bits per heavy atom. The molecule has 4 N–H and O–H groups in total. The van der Waals surface area contributed by atoms with Gasteiger partial charge in [-0.15, -0.1) is 0 Å². The number of aliphatic hydroxyl groups excluding tert-OH is 4. The third-order valence-corrected chi connectivity index (χ3v) is 1.84. The molecule has 70 valence electrons. The SMILES string of the molecule is C=C1OC(C(O)CO)C(O)C1O. The van der Waals surface area contributed by atoms with Crippen LogP contribution >= 0.6 is 0 Å². The minimum Gasteiger partial charge on any atom is -0.487 e. The summed E-state index contributed by atoms with van der Waals surface area (Å²) in [6.45, 7) is 2.80. The summed E-state index contributed by atoms with van der Waals surface area (Å²) in [4.78, 5) is 0. The Bertz CT molecular complexity index is 181.